The maximum absolute atomic E-state index is 9.61. The summed E-state index contributed by atoms with van der Waals surface area (Å²) in [6, 6.07) is 0. The van der Waals surface area contributed by atoms with Gasteiger partial charge < -0.3 is 10.0 Å². The van der Waals surface area contributed by atoms with Crippen LogP contribution in [-0.2, 0) is 0 Å². The average molecular weight is 185 g/mol. The zero-order chi connectivity index (χ0) is 9.52. The molecule has 1 atom stereocenters. The standard InChI is InChI=1S/C11H23NO/c1-2-3-6-11(13)7-10-12-8-4-5-9-12/h11,13H,2-10H2,1H3/t11-/m1/s1. The normalized spacial score (nSPS) is 20.8. The Labute approximate surface area is 81.9 Å². The van der Waals surface area contributed by atoms with Crippen molar-refractivity contribution in [3.63, 3.8) is 0 Å². The molecular weight excluding hydrogens is 162 g/mol. The van der Waals surface area contributed by atoms with Crippen molar-refractivity contribution in [1.82, 2.24) is 4.90 Å². The second-order valence-corrected chi connectivity index (χ2v) is 4.13. The molecule has 0 saturated carbocycles. The van der Waals surface area contributed by atoms with Crippen LogP contribution in [0.4, 0.5) is 0 Å². The van der Waals surface area contributed by atoms with E-state index in [-0.39, 0.29) is 6.10 Å². The molecule has 1 heterocycles. The van der Waals surface area contributed by atoms with Crippen molar-refractivity contribution in [2.24, 2.45) is 0 Å². The number of unbranched alkanes of at least 4 members (excludes halogenated alkanes) is 1. The van der Waals surface area contributed by atoms with Gasteiger partial charge in [-0.25, -0.2) is 0 Å². The second-order valence-electron chi connectivity index (χ2n) is 4.13. The lowest BCUT2D eigenvalue weighted by molar-refractivity contribution is 0.135. The van der Waals surface area contributed by atoms with E-state index >= 15 is 0 Å². The minimum absolute atomic E-state index is 0.0550. The van der Waals surface area contributed by atoms with E-state index in [9.17, 15) is 5.11 Å². The fourth-order valence-electron chi connectivity index (χ4n) is 1.92. The lowest BCUT2D eigenvalue weighted by Gasteiger charge is -2.17. The smallest absolute Gasteiger partial charge is 0.0552 e. The van der Waals surface area contributed by atoms with Crippen LogP contribution in [0.3, 0.4) is 0 Å². The third kappa shape index (κ3) is 4.63. The summed E-state index contributed by atoms with van der Waals surface area (Å²) >= 11 is 0. The van der Waals surface area contributed by atoms with Crippen LogP contribution in [0.5, 0.6) is 0 Å². The predicted molar refractivity (Wildman–Crippen MR) is 55.8 cm³/mol. The molecule has 78 valence electrons. The summed E-state index contributed by atoms with van der Waals surface area (Å²) in [4.78, 5) is 2.47. The molecule has 0 aromatic rings. The lowest BCUT2D eigenvalue weighted by atomic mass is 10.1. The van der Waals surface area contributed by atoms with Crippen molar-refractivity contribution < 1.29 is 5.11 Å². The highest BCUT2D eigenvalue weighted by molar-refractivity contribution is 4.67. The van der Waals surface area contributed by atoms with Gasteiger partial charge in [0.1, 0.15) is 0 Å². The molecule has 1 aliphatic heterocycles. The van der Waals surface area contributed by atoms with Gasteiger partial charge in [0, 0.05) is 6.54 Å². The summed E-state index contributed by atoms with van der Waals surface area (Å²) in [6.07, 6.45) is 6.98. The first-order valence-corrected chi connectivity index (χ1v) is 5.73. The molecule has 0 radical (unpaired) electrons. The van der Waals surface area contributed by atoms with Crippen molar-refractivity contribution in [3.8, 4) is 0 Å². The van der Waals surface area contributed by atoms with E-state index in [0.717, 1.165) is 19.4 Å². The third-order valence-corrected chi connectivity index (χ3v) is 2.87. The molecular formula is C11H23NO. The summed E-state index contributed by atoms with van der Waals surface area (Å²) in [5.41, 5.74) is 0. The van der Waals surface area contributed by atoms with Crippen molar-refractivity contribution in [1.29, 1.82) is 0 Å². The molecule has 13 heavy (non-hydrogen) atoms. The Balaban J connectivity index is 1.97. The molecule has 0 spiro atoms. The third-order valence-electron chi connectivity index (χ3n) is 2.87. The molecule has 0 bridgehead atoms. The van der Waals surface area contributed by atoms with E-state index < -0.39 is 0 Å². The highest BCUT2D eigenvalue weighted by atomic mass is 16.3. The van der Waals surface area contributed by atoms with Crippen LogP contribution in [0.25, 0.3) is 0 Å². The molecule has 0 amide bonds. The summed E-state index contributed by atoms with van der Waals surface area (Å²) < 4.78 is 0. The summed E-state index contributed by atoms with van der Waals surface area (Å²) in [6.45, 7) is 5.78. The Morgan fingerprint density at radius 2 is 1.92 bits per heavy atom. The molecule has 0 aromatic carbocycles. The molecule has 1 fully saturated rings. The summed E-state index contributed by atoms with van der Waals surface area (Å²) in [5.74, 6) is 0. The van der Waals surface area contributed by atoms with Crippen LogP contribution >= 0.6 is 0 Å². The number of hydrogen-bond donors (Lipinski definition) is 1. The van der Waals surface area contributed by atoms with Gasteiger partial charge in [-0.2, -0.15) is 0 Å². The second kappa shape index (κ2) is 6.39. The highest BCUT2D eigenvalue weighted by Crippen LogP contribution is 2.10. The van der Waals surface area contributed by atoms with Gasteiger partial charge in [0.15, 0.2) is 0 Å². The van der Waals surface area contributed by atoms with Crippen molar-refractivity contribution in [2.45, 2.75) is 51.6 Å². The van der Waals surface area contributed by atoms with Crippen LogP contribution in [0.2, 0.25) is 0 Å². The van der Waals surface area contributed by atoms with Gasteiger partial charge in [-0.05, 0) is 38.8 Å². The zero-order valence-corrected chi connectivity index (χ0v) is 8.84. The van der Waals surface area contributed by atoms with E-state index in [4.69, 9.17) is 0 Å². The molecule has 1 N–H and O–H groups in total. The maximum Gasteiger partial charge on any atom is 0.0552 e. The number of likely N-dealkylation sites (tertiary alicyclic amines) is 1. The van der Waals surface area contributed by atoms with E-state index in [1.54, 1.807) is 0 Å². The van der Waals surface area contributed by atoms with Crippen molar-refractivity contribution >= 4 is 0 Å². The topological polar surface area (TPSA) is 23.5 Å². The quantitative estimate of drug-likeness (QED) is 0.684. The Hall–Kier alpha value is -0.0800. The number of aliphatic hydroxyl groups excluding tert-OH is 1. The Bertz CT molecular complexity index is 121. The van der Waals surface area contributed by atoms with Gasteiger partial charge in [-0.15, -0.1) is 0 Å². The summed E-state index contributed by atoms with van der Waals surface area (Å²) in [5, 5.41) is 9.61. The first kappa shape index (κ1) is 11.0. The predicted octanol–water partition coefficient (Wildman–Crippen LogP) is 2.02. The largest absolute Gasteiger partial charge is 0.393 e. The zero-order valence-electron chi connectivity index (χ0n) is 8.84. The molecule has 2 nitrogen and oxygen atoms in total. The monoisotopic (exact) mass is 185 g/mol. The number of aliphatic hydroxyl groups is 1. The molecule has 0 aliphatic carbocycles. The number of hydrogen-bond acceptors (Lipinski definition) is 2. The maximum atomic E-state index is 9.61. The fourth-order valence-corrected chi connectivity index (χ4v) is 1.92. The van der Waals surface area contributed by atoms with E-state index in [0.29, 0.717) is 0 Å². The van der Waals surface area contributed by atoms with Crippen molar-refractivity contribution in [2.75, 3.05) is 19.6 Å². The van der Waals surface area contributed by atoms with Gasteiger partial charge in [-0.3, -0.25) is 0 Å². The van der Waals surface area contributed by atoms with Crippen LogP contribution in [0, 0.1) is 0 Å². The van der Waals surface area contributed by atoms with E-state index in [1.165, 1.54) is 38.8 Å². The van der Waals surface area contributed by atoms with E-state index in [2.05, 4.69) is 11.8 Å². The SMILES string of the molecule is CCCC[C@@H](O)CCN1CCCC1. The number of nitrogens with zero attached hydrogens (tertiary/aromatic N) is 1. The minimum Gasteiger partial charge on any atom is -0.393 e. The Morgan fingerprint density at radius 1 is 1.23 bits per heavy atom. The molecule has 2 heteroatoms. The van der Waals surface area contributed by atoms with Crippen LogP contribution in [0.15, 0.2) is 0 Å². The van der Waals surface area contributed by atoms with Gasteiger partial charge in [0.05, 0.1) is 6.10 Å². The molecule has 1 saturated heterocycles. The molecule has 1 aliphatic rings. The highest BCUT2D eigenvalue weighted by Gasteiger charge is 2.12. The first-order chi connectivity index (χ1) is 6.33. The van der Waals surface area contributed by atoms with Gasteiger partial charge >= 0.3 is 0 Å². The van der Waals surface area contributed by atoms with Gasteiger partial charge in [-0.1, -0.05) is 19.8 Å². The minimum atomic E-state index is -0.0550. The van der Waals surface area contributed by atoms with Crippen LogP contribution < -0.4 is 0 Å². The molecule has 0 aromatic heterocycles. The van der Waals surface area contributed by atoms with Gasteiger partial charge in [0.25, 0.3) is 0 Å². The Kier molecular flexibility index (Phi) is 5.40. The molecule has 1 rings (SSSR count). The summed E-state index contributed by atoms with van der Waals surface area (Å²) in [7, 11) is 0. The molecule has 0 unspecified atom stereocenters. The van der Waals surface area contributed by atoms with Crippen LogP contribution in [0.1, 0.15) is 45.4 Å². The van der Waals surface area contributed by atoms with Crippen LogP contribution in [-0.4, -0.2) is 35.7 Å². The Morgan fingerprint density at radius 3 is 2.54 bits per heavy atom. The lowest BCUT2D eigenvalue weighted by Crippen LogP contribution is -2.24. The number of rotatable bonds is 6. The fraction of sp³-hybridized carbons (Fsp3) is 1.00. The average Bonchev–Trinajstić information content (AvgIpc) is 2.64. The van der Waals surface area contributed by atoms with Crippen molar-refractivity contribution in [3.05, 3.63) is 0 Å². The first-order valence-electron chi connectivity index (χ1n) is 5.73. The van der Waals surface area contributed by atoms with Gasteiger partial charge in [0.2, 0.25) is 0 Å². The van der Waals surface area contributed by atoms with E-state index in [1.807, 2.05) is 0 Å².